The van der Waals surface area contributed by atoms with E-state index in [0.29, 0.717) is 41.0 Å². The summed E-state index contributed by atoms with van der Waals surface area (Å²) in [5.74, 6) is -0.394. The summed E-state index contributed by atoms with van der Waals surface area (Å²) >= 11 is 0. The fourth-order valence-corrected chi connectivity index (χ4v) is 3.65. The number of nitrogens with zero attached hydrogens (tertiary/aromatic N) is 5. The molecule has 0 saturated heterocycles. The molecule has 3 aromatic heterocycles. The molecule has 11 nitrogen and oxygen atoms in total. The van der Waals surface area contributed by atoms with Crippen LogP contribution in [0.4, 0.5) is 35.3 Å². The first kappa shape index (κ1) is 26.3. The Hall–Kier alpha value is -4.72. The molecule has 38 heavy (non-hydrogen) atoms. The van der Waals surface area contributed by atoms with Gasteiger partial charge in [0.05, 0.1) is 5.56 Å². The molecule has 0 atom stereocenters. The second kappa shape index (κ2) is 10.7. The highest BCUT2D eigenvalue weighted by Crippen LogP contribution is 2.33. The first-order valence-electron chi connectivity index (χ1n) is 11.3. The van der Waals surface area contributed by atoms with Crippen LogP contribution in [0.3, 0.4) is 0 Å². The molecular formula is C24H24F3N9O2. The number of aromatic nitrogens is 4. The fourth-order valence-electron chi connectivity index (χ4n) is 3.65. The van der Waals surface area contributed by atoms with Gasteiger partial charge in [0.25, 0.3) is 5.91 Å². The number of benzene rings is 1. The summed E-state index contributed by atoms with van der Waals surface area (Å²) < 4.78 is 40.1. The monoisotopic (exact) mass is 527 g/mol. The number of carbonyl (C=O) groups excluding carboxylic acids is 2. The van der Waals surface area contributed by atoms with Crippen molar-refractivity contribution >= 4 is 34.8 Å². The molecule has 0 aliphatic carbocycles. The lowest BCUT2D eigenvalue weighted by Crippen LogP contribution is -2.31. The number of nitrogens with one attached hydrogen (secondary N) is 3. The number of carbonyl (C=O) groups is 2. The summed E-state index contributed by atoms with van der Waals surface area (Å²) in [6.45, 7) is 1.08. The highest BCUT2D eigenvalue weighted by molar-refractivity contribution is 6.07. The molecular weight excluding hydrogens is 503 g/mol. The lowest BCUT2D eigenvalue weighted by molar-refractivity contribution is -0.141. The molecule has 3 heterocycles. The van der Waals surface area contributed by atoms with Crippen molar-refractivity contribution in [3.63, 3.8) is 0 Å². The first-order valence-corrected chi connectivity index (χ1v) is 11.3. The van der Waals surface area contributed by atoms with Gasteiger partial charge in [-0.25, -0.2) is 19.3 Å². The van der Waals surface area contributed by atoms with Gasteiger partial charge < -0.3 is 21.3 Å². The van der Waals surface area contributed by atoms with E-state index in [0.717, 1.165) is 12.1 Å². The number of likely N-dealkylation sites (N-methyl/N-ethyl adjacent to an activating group) is 1. The number of pyridine rings is 1. The van der Waals surface area contributed by atoms with Gasteiger partial charge in [-0.3, -0.25) is 10.1 Å². The summed E-state index contributed by atoms with van der Waals surface area (Å²) in [6.07, 6.45) is -1.79. The third-order valence-electron chi connectivity index (χ3n) is 5.40. The number of urea groups is 1. The Kier molecular flexibility index (Phi) is 7.43. The average molecular weight is 528 g/mol. The number of hydrogen-bond donors (Lipinski definition) is 4. The maximum Gasteiger partial charge on any atom is 0.433 e. The molecule has 0 aliphatic heterocycles. The van der Waals surface area contributed by atoms with Crippen molar-refractivity contribution in [2.24, 2.45) is 0 Å². The third kappa shape index (κ3) is 5.98. The standard InChI is InChI=1S/C24H24F3N9O2/c1-35(2)11-10-29-22(37)16-12-36-20(21(28)30-13-31-36)19(16)14-6-8-15(9-7-14)32-23(38)34-18-5-3-4-17(33-18)24(25,26)27/h3-9,12-13H,10-11H2,1-2H3,(H,29,37)(H2,28,30,31)(H2,32,33,34,38). The van der Waals surface area contributed by atoms with E-state index in [4.69, 9.17) is 5.73 Å². The highest BCUT2D eigenvalue weighted by Gasteiger charge is 2.32. The van der Waals surface area contributed by atoms with E-state index >= 15 is 0 Å². The Morgan fingerprint density at radius 3 is 2.50 bits per heavy atom. The molecule has 0 unspecified atom stereocenters. The molecule has 0 spiro atoms. The van der Waals surface area contributed by atoms with Crippen molar-refractivity contribution in [1.82, 2.24) is 29.8 Å². The second-order valence-corrected chi connectivity index (χ2v) is 8.48. The molecule has 0 fully saturated rings. The average Bonchev–Trinajstić information content (AvgIpc) is 3.25. The van der Waals surface area contributed by atoms with Gasteiger partial charge in [0.2, 0.25) is 0 Å². The lowest BCUT2D eigenvalue weighted by atomic mass is 10.0. The van der Waals surface area contributed by atoms with E-state index in [1.54, 1.807) is 30.5 Å². The number of alkyl halides is 3. The third-order valence-corrected chi connectivity index (χ3v) is 5.40. The topological polar surface area (TPSA) is 143 Å². The minimum atomic E-state index is -4.64. The summed E-state index contributed by atoms with van der Waals surface area (Å²) in [5.41, 5.74) is 7.23. The Bertz CT molecular complexity index is 1470. The van der Waals surface area contributed by atoms with Crippen LogP contribution in [0.1, 0.15) is 16.1 Å². The minimum Gasteiger partial charge on any atom is -0.382 e. The molecule has 14 heteroatoms. The van der Waals surface area contributed by atoms with Crippen LogP contribution in [0.5, 0.6) is 0 Å². The zero-order chi connectivity index (χ0) is 27.4. The summed E-state index contributed by atoms with van der Waals surface area (Å²) in [5, 5.41) is 11.8. The van der Waals surface area contributed by atoms with E-state index in [-0.39, 0.29) is 17.5 Å². The van der Waals surface area contributed by atoms with Crippen molar-refractivity contribution in [3.8, 4) is 11.1 Å². The number of halogens is 3. The normalized spacial score (nSPS) is 11.5. The van der Waals surface area contributed by atoms with Crippen molar-refractivity contribution in [2.75, 3.05) is 43.6 Å². The molecule has 4 rings (SSSR count). The Balaban J connectivity index is 1.55. The van der Waals surface area contributed by atoms with E-state index < -0.39 is 17.9 Å². The summed E-state index contributed by atoms with van der Waals surface area (Å²) in [4.78, 5) is 34.7. The van der Waals surface area contributed by atoms with Crippen molar-refractivity contribution in [1.29, 1.82) is 0 Å². The molecule has 3 amide bonds. The Morgan fingerprint density at radius 2 is 1.82 bits per heavy atom. The molecule has 5 N–H and O–H groups in total. The highest BCUT2D eigenvalue weighted by atomic mass is 19.4. The smallest absolute Gasteiger partial charge is 0.382 e. The quantitative estimate of drug-likeness (QED) is 0.289. The second-order valence-electron chi connectivity index (χ2n) is 8.48. The minimum absolute atomic E-state index is 0.178. The number of fused-ring (bicyclic) bond motifs is 1. The lowest BCUT2D eigenvalue weighted by Gasteiger charge is -2.12. The van der Waals surface area contributed by atoms with Gasteiger partial charge in [0.1, 0.15) is 23.4 Å². The van der Waals surface area contributed by atoms with E-state index in [1.807, 2.05) is 19.0 Å². The number of nitrogen functional groups attached to an aromatic ring is 1. The van der Waals surface area contributed by atoms with Crippen LogP contribution in [0, 0.1) is 0 Å². The fraction of sp³-hybridized carbons (Fsp3) is 0.208. The number of anilines is 3. The van der Waals surface area contributed by atoms with Gasteiger partial charge in [-0.05, 0) is 43.9 Å². The van der Waals surface area contributed by atoms with E-state index in [1.165, 1.54) is 16.9 Å². The van der Waals surface area contributed by atoms with Gasteiger partial charge in [0, 0.05) is 30.5 Å². The van der Waals surface area contributed by atoms with Gasteiger partial charge >= 0.3 is 12.2 Å². The van der Waals surface area contributed by atoms with Crippen LogP contribution in [-0.4, -0.2) is 63.6 Å². The SMILES string of the molecule is CN(C)CCNC(=O)c1cn2ncnc(N)c2c1-c1ccc(NC(=O)Nc2cccc(C(F)(F)F)n2)cc1. The van der Waals surface area contributed by atoms with E-state index in [9.17, 15) is 22.8 Å². The predicted octanol–water partition coefficient (Wildman–Crippen LogP) is 3.33. The largest absolute Gasteiger partial charge is 0.433 e. The maximum absolute atomic E-state index is 13.0. The number of rotatable bonds is 7. The molecule has 0 radical (unpaired) electrons. The molecule has 198 valence electrons. The zero-order valence-electron chi connectivity index (χ0n) is 20.4. The van der Waals surface area contributed by atoms with Crippen LogP contribution in [0.2, 0.25) is 0 Å². The van der Waals surface area contributed by atoms with Gasteiger partial charge in [-0.1, -0.05) is 18.2 Å². The number of nitrogens with two attached hydrogens (primary N) is 1. The maximum atomic E-state index is 13.0. The van der Waals surface area contributed by atoms with Crippen molar-refractivity contribution in [3.05, 3.63) is 66.2 Å². The Labute approximate surface area is 214 Å². The van der Waals surface area contributed by atoms with Gasteiger partial charge in [0.15, 0.2) is 5.82 Å². The molecule has 0 saturated carbocycles. The van der Waals surface area contributed by atoms with Crippen molar-refractivity contribution < 1.29 is 22.8 Å². The molecule has 4 aromatic rings. The van der Waals surface area contributed by atoms with Crippen molar-refractivity contribution in [2.45, 2.75) is 6.18 Å². The van der Waals surface area contributed by atoms with E-state index in [2.05, 4.69) is 31.0 Å². The molecule has 0 bridgehead atoms. The number of hydrogen-bond acceptors (Lipinski definition) is 7. The molecule has 0 aliphatic rings. The summed E-state index contributed by atoms with van der Waals surface area (Å²) in [7, 11) is 3.79. The van der Waals surface area contributed by atoms with Crippen LogP contribution in [-0.2, 0) is 6.18 Å². The van der Waals surface area contributed by atoms with Gasteiger partial charge in [-0.15, -0.1) is 0 Å². The first-order chi connectivity index (χ1) is 18.0. The Morgan fingerprint density at radius 1 is 1.08 bits per heavy atom. The van der Waals surface area contributed by atoms with Gasteiger partial charge in [-0.2, -0.15) is 18.3 Å². The van der Waals surface area contributed by atoms with Crippen LogP contribution < -0.4 is 21.7 Å². The van der Waals surface area contributed by atoms with Crippen LogP contribution in [0.15, 0.2) is 55.0 Å². The molecule has 1 aromatic carbocycles. The van der Waals surface area contributed by atoms with Crippen LogP contribution in [0.25, 0.3) is 16.6 Å². The number of amides is 3. The zero-order valence-corrected chi connectivity index (χ0v) is 20.4. The predicted molar refractivity (Wildman–Crippen MR) is 136 cm³/mol. The van der Waals surface area contributed by atoms with Crippen LogP contribution >= 0.6 is 0 Å². The summed E-state index contributed by atoms with van der Waals surface area (Å²) in [6, 6.07) is 8.89.